The highest BCUT2D eigenvalue weighted by atomic mass is 32.2. The third kappa shape index (κ3) is 14.2. The van der Waals surface area contributed by atoms with Crippen molar-refractivity contribution in [1.82, 2.24) is 25.0 Å². The van der Waals surface area contributed by atoms with E-state index in [0.29, 0.717) is 43.9 Å². The van der Waals surface area contributed by atoms with Crippen LogP contribution < -0.4 is 16.4 Å². The lowest BCUT2D eigenvalue weighted by molar-refractivity contribution is -0.141. The zero-order valence-electron chi connectivity index (χ0n) is 33.3. The van der Waals surface area contributed by atoms with Crippen molar-refractivity contribution in [3.05, 3.63) is 95.8 Å². The number of nitrogens with zero attached hydrogens (tertiary/aromatic N) is 3. The molecule has 2 aromatic carbocycles. The number of rotatable bonds is 24. The molecule has 0 saturated carbocycles. The first-order valence-corrected chi connectivity index (χ1v) is 20.4. The Balaban J connectivity index is 1.24. The normalized spacial score (nSPS) is 13.2. The summed E-state index contributed by atoms with van der Waals surface area (Å²) in [6.07, 6.45) is 4.82. The van der Waals surface area contributed by atoms with Crippen LogP contribution >= 0.6 is 11.8 Å². The minimum absolute atomic E-state index is 0.115. The molecule has 1 aliphatic rings. The molecule has 4 rings (SSSR count). The van der Waals surface area contributed by atoms with Gasteiger partial charge in [0.25, 0.3) is 11.8 Å². The Morgan fingerprint density at radius 3 is 2.19 bits per heavy atom. The summed E-state index contributed by atoms with van der Waals surface area (Å²) >= 11 is 1.36. The number of hydrogen-bond acceptors (Lipinski definition) is 9. The minimum atomic E-state index is -0.548. The fourth-order valence-electron chi connectivity index (χ4n) is 6.40. The average molecular weight is 825 g/mol. The maximum atomic E-state index is 15.1. The van der Waals surface area contributed by atoms with Crippen molar-refractivity contribution in [3.8, 4) is 11.1 Å². The highest BCUT2D eigenvalue weighted by Gasteiger charge is 2.37. The lowest BCUT2D eigenvalue weighted by Crippen LogP contribution is -2.44. The molecular formula is C42H54F2N6O7S. The van der Waals surface area contributed by atoms with Gasteiger partial charge in [0.2, 0.25) is 17.7 Å². The quantitative estimate of drug-likeness (QED) is 0.0893. The zero-order chi connectivity index (χ0) is 42.1. The summed E-state index contributed by atoms with van der Waals surface area (Å²) in [7, 11) is 0. The number of imide groups is 1. The molecule has 58 heavy (non-hydrogen) atoms. The van der Waals surface area contributed by atoms with Crippen molar-refractivity contribution in [1.29, 1.82) is 0 Å². The molecule has 0 saturated heterocycles. The lowest BCUT2D eigenvalue weighted by atomic mass is 9.83. The Labute approximate surface area is 342 Å². The Morgan fingerprint density at radius 2 is 1.55 bits per heavy atom. The van der Waals surface area contributed by atoms with Crippen molar-refractivity contribution < 1.29 is 42.2 Å². The van der Waals surface area contributed by atoms with Crippen molar-refractivity contribution in [2.24, 2.45) is 11.1 Å². The first kappa shape index (κ1) is 45.8. The molecule has 5 amide bonds. The molecule has 3 aromatic rings. The third-order valence-electron chi connectivity index (χ3n) is 9.11. The Morgan fingerprint density at radius 1 is 0.897 bits per heavy atom. The highest BCUT2D eigenvalue weighted by molar-refractivity contribution is 7.99. The van der Waals surface area contributed by atoms with Crippen LogP contribution in [0.25, 0.3) is 11.1 Å². The van der Waals surface area contributed by atoms with Crippen LogP contribution in [-0.2, 0) is 40.0 Å². The number of carbonyl (C=O) groups is 5. The molecule has 4 N–H and O–H groups in total. The molecule has 0 radical (unpaired) electrons. The topological polar surface area (TPSA) is 165 Å². The van der Waals surface area contributed by atoms with Crippen LogP contribution in [-0.4, -0.2) is 115 Å². The summed E-state index contributed by atoms with van der Waals surface area (Å²) < 4.78 is 42.3. The molecule has 13 nitrogen and oxygen atoms in total. The fourth-order valence-corrected chi connectivity index (χ4v) is 7.22. The maximum Gasteiger partial charge on any atom is 0.254 e. The van der Waals surface area contributed by atoms with Gasteiger partial charge in [-0.25, -0.2) is 8.78 Å². The number of carbonyl (C=O) groups excluding carboxylic acids is 5. The van der Waals surface area contributed by atoms with Gasteiger partial charge in [0.05, 0.1) is 38.2 Å². The number of nitrogens with two attached hydrogens (primary N) is 1. The second-order valence-electron chi connectivity index (χ2n) is 14.7. The first-order chi connectivity index (χ1) is 27.8. The molecule has 1 aromatic heterocycles. The van der Waals surface area contributed by atoms with Crippen molar-refractivity contribution >= 4 is 41.3 Å². The van der Waals surface area contributed by atoms with E-state index in [9.17, 15) is 28.4 Å². The largest absolute Gasteiger partial charge is 0.377 e. The van der Waals surface area contributed by atoms with Gasteiger partial charge in [-0.3, -0.25) is 28.9 Å². The molecule has 0 unspecified atom stereocenters. The van der Waals surface area contributed by atoms with Gasteiger partial charge >= 0.3 is 0 Å². The Hall–Kier alpha value is -4.90. The second kappa shape index (κ2) is 22.9. The summed E-state index contributed by atoms with van der Waals surface area (Å²) in [4.78, 5) is 64.2. The highest BCUT2D eigenvalue weighted by Crippen LogP contribution is 2.41. The van der Waals surface area contributed by atoms with E-state index >= 15 is 4.39 Å². The number of hydrogen-bond donors (Lipinski definition) is 3. The molecule has 1 aliphatic heterocycles. The van der Waals surface area contributed by atoms with Gasteiger partial charge in [-0.15, -0.1) is 0 Å². The number of halogens is 2. The number of ether oxygens (including phenoxy) is 2. The summed E-state index contributed by atoms with van der Waals surface area (Å²) in [5, 5.41) is 5.38. The molecular weight excluding hydrogens is 771 g/mol. The Bertz CT molecular complexity index is 1870. The van der Waals surface area contributed by atoms with Gasteiger partial charge in [0.1, 0.15) is 18.2 Å². The molecule has 314 valence electrons. The van der Waals surface area contributed by atoms with E-state index in [4.69, 9.17) is 15.2 Å². The predicted octanol–water partition coefficient (Wildman–Crippen LogP) is 4.06. The van der Waals surface area contributed by atoms with E-state index < -0.39 is 40.8 Å². The molecule has 2 heterocycles. The van der Waals surface area contributed by atoms with Crippen LogP contribution in [0.4, 0.5) is 8.78 Å². The van der Waals surface area contributed by atoms with E-state index in [0.717, 1.165) is 40.4 Å². The number of thioether (sulfide) groups is 1. The van der Waals surface area contributed by atoms with Crippen molar-refractivity contribution in [2.45, 2.75) is 46.2 Å². The monoisotopic (exact) mass is 824 g/mol. The standard InChI is InChI=1S/C42H54F2N6O7S/c1-42(2,3)41(35-24-31(33-25-32(43)10-11-34(33)44)27-48(35)26-30-8-5-4-6-9-30)49(18-7-15-45)40(55)29-58-23-14-36(51)46-16-19-56-21-22-57-20-17-47-37(52)28-50-38(53)12-13-39(50)54/h4-6,8-13,24-25,27,41H,7,14-23,26,28-29,45H2,1-3H3,(H,46,51)(H,47,52)/t41-/m0/s1. The van der Waals surface area contributed by atoms with Crippen molar-refractivity contribution in [3.63, 3.8) is 0 Å². The number of amides is 5. The second-order valence-corrected chi connectivity index (χ2v) is 15.8. The molecule has 0 fully saturated rings. The van der Waals surface area contributed by atoms with Crippen LogP contribution in [0.5, 0.6) is 0 Å². The van der Waals surface area contributed by atoms with E-state index in [1.165, 1.54) is 17.8 Å². The van der Waals surface area contributed by atoms with Gasteiger partial charge in [0.15, 0.2) is 0 Å². The van der Waals surface area contributed by atoms with Crippen LogP contribution in [0.1, 0.15) is 50.9 Å². The number of nitrogens with one attached hydrogen (secondary N) is 2. The summed E-state index contributed by atoms with van der Waals surface area (Å²) in [5.74, 6) is -2.34. The fraction of sp³-hybridized carbons (Fsp3) is 0.452. The number of benzene rings is 2. The van der Waals surface area contributed by atoms with Crippen LogP contribution in [0.15, 0.2) is 72.9 Å². The smallest absolute Gasteiger partial charge is 0.254 e. The van der Waals surface area contributed by atoms with Crippen molar-refractivity contribution in [2.75, 3.05) is 70.7 Å². The van der Waals surface area contributed by atoms with E-state index in [1.54, 1.807) is 0 Å². The van der Waals surface area contributed by atoms with Gasteiger partial charge in [0, 0.05) is 73.5 Å². The SMILES string of the molecule is CC(C)(C)[C@H](c1cc(-c2cc(F)ccc2F)cn1Cc1ccccc1)N(CCCN)C(=O)CSCCC(=O)NCCOCCOCCNC(=O)CN1C(=O)C=CC1=O. The van der Waals surface area contributed by atoms with E-state index in [-0.39, 0.29) is 69.1 Å². The Kier molecular flexibility index (Phi) is 18.1. The lowest BCUT2D eigenvalue weighted by Gasteiger charge is -2.41. The summed E-state index contributed by atoms with van der Waals surface area (Å²) in [6, 6.07) is 14.6. The third-order valence-corrected chi connectivity index (χ3v) is 10.1. The van der Waals surface area contributed by atoms with Gasteiger partial charge in [-0.05, 0) is 48.2 Å². The van der Waals surface area contributed by atoms with E-state index in [2.05, 4.69) is 10.6 Å². The molecule has 0 bridgehead atoms. The summed E-state index contributed by atoms with van der Waals surface area (Å²) in [6.45, 7) is 8.55. The molecule has 0 spiro atoms. The van der Waals surface area contributed by atoms with Crippen LogP contribution in [0.2, 0.25) is 0 Å². The molecule has 0 aliphatic carbocycles. The molecule has 1 atom stereocenters. The number of aromatic nitrogens is 1. The van der Waals surface area contributed by atoms with Gasteiger partial charge in [-0.1, -0.05) is 51.1 Å². The first-order valence-electron chi connectivity index (χ1n) is 19.3. The average Bonchev–Trinajstić information content (AvgIpc) is 3.73. The van der Waals surface area contributed by atoms with Gasteiger partial charge < -0.3 is 35.3 Å². The van der Waals surface area contributed by atoms with Crippen LogP contribution in [0, 0.1) is 17.0 Å². The predicted molar refractivity (Wildman–Crippen MR) is 218 cm³/mol. The summed E-state index contributed by atoms with van der Waals surface area (Å²) in [5.41, 5.74) is 7.91. The van der Waals surface area contributed by atoms with E-state index in [1.807, 2.05) is 72.8 Å². The minimum Gasteiger partial charge on any atom is -0.377 e. The maximum absolute atomic E-state index is 15.1. The zero-order valence-corrected chi connectivity index (χ0v) is 34.2. The molecule has 16 heteroatoms. The van der Waals surface area contributed by atoms with Gasteiger partial charge in [-0.2, -0.15) is 11.8 Å². The van der Waals surface area contributed by atoms with Crippen LogP contribution in [0.3, 0.4) is 0 Å².